The van der Waals surface area contributed by atoms with E-state index in [1.54, 1.807) is 7.11 Å². The third-order valence-electron chi connectivity index (χ3n) is 7.18. The maximum Gasteiger partial charge on any atom is 0.159 e. The van der Waals surface area contributed by atoms with Crippen LogP contribution in [0, 0.1) is 12.8 Å². The molecule has 0 aromatic carbocycles. The molecular weight excluding hydrogens is 402 g/mol. The average molecular weight is 436 g/mol. The first kappa shape index (κ1) is 21.2. The molecule has 0 radical (unpaired) electrons. The van der Waals surface area contributed by atoms with Gasteiger partial charge in [0, 0.05) is 57.6 Å². The Hall–Kier alpha value is -2.71. The molecule has 2 aliphatic heterocycles. The van der Waals surface area contributed by atoms with Gasteiger partial charge in [0.05, 0.1) is 41.3 Å². The number of hydrogen-bond donors (Lipinski definition) is 1. The highest BCUT2D eigenvalue weighted by molar-refractivity contribution is 5.89. The van der Waals surface area contributed by atoms with Gasteiger partial charge in [0.2, 0.25) is 0 Å². The maximum atomic E-state index is 6.19. The standard InChI is InChI=1S/C24H33N7O/c1-15-12-30(22-9-16(2)28-24-19(22)11-27-29(24)3)8-7-18(15)21-6-5-17(10-26-21)31-13-20(25)23(14-31)32-4/h5-6,9-11,15,18,20,23H,7-8,12-14,25H2,1-4H3/t15-,18-,20+,23+/m0/s1. The number of nitrogens with two attached hydrogens (primary N) is 1. The molecule has 3 aromatic heterocycles. The lowest BCUT2D eigenvalue weighted by Crippen LogP contribution is -2.38. The molecule has 2 saturated heterocycles. The van der Waals surface area contributed by atoms with Crippen LogP contribution in [0.15, 0.2) is 30.6 Å². The molecule has 0 spiro atoms. The Balaban J connectivity index is 1.30. The summed E-state index contributed by atoms with van der Waals surface area (Å²) in [6.07, 6.45) is 5.11. The summed E-state index contributed by atoms with van der Waals surface area (Å²) >= 11 is 0. The fourth-order valence-electron chi connectivity index (χ4n) is 5.35. The topological polar surface area (TPSA) is 85.3 Å². The molecule has 0 bridgehead atoms. The van der Waals surface area contributed by atoms with Gasteiger partial charge in [0.1, 0.15) is 0 Å². The first-order valence-electron chi connectivity index (χ1n) is 11.5. The van der Waals surface area contributed by atoms with Crippen molar-refractivity contribution in [2.24, 2.45) is 18.7 Å². The van der Waals surface area contributed by atoms with Crippen LogP contribution >= 0.6 is 0 Å². The summed E-state index contributed by atoms with van der Waals surface area (Å²) in [5.41, 5.74) is 11.7. The van der Waals surface area contributed by atoms with Gasteiger partial charge < -0.3 is 20.3 Å². The fraction of sp³-hybridized carbons (Fsp3) is 0.542. The Labute approximate surface area is 189 Å². The van der Waals surface area contributed by atoms with Crippen LogP contribution in [0.2, 0.25) is 0 Å². The van der Waals surface area contributed by atoms with E-state index in [0.717, 1.165) is 55.0 Å². The summed E-state index contributed by atoms with van der Waals surface area (Å²) in [7, 11) is 3.68. The fourth-order valence-corrected chi connectivity index (χ4v) is 5.35. The minimum Gasteiger partial charge on any atom is -0.378 e. The first-order chi connectivity index (χ1) is 15.4. The van der Waals surface area contributed by atoms with Gasteiger partial charge in [-0.05, 0) is 37.5 Å². The van der Waals surface area contributed by atoms with E-state index in [4.69, 9.17) is 15.5 Å². The Bertz CT molecular complexity index is 1100. The summed E-state index contributed by atoms with van der Waals surface area (Å²) in [5, 5.41) is 5.56. The Morgan fingerprint density at radius 2 is 1.97 bits per heavy atom. The Morgan fingerprint density at radius 1 is 1.12 bits per heavy atom. The molecule has 8 heteroatoms. The van der Waals surface area contributed by atoms with Crippen LogP contribution in [0.4, 0.5) is 11.4 Å². The van der Waals surface area contributed by atoms with Gasteiger partial charge in [0.15, 0.2) is 5.65 Å². The number of piperidine rings is 1. The number of anilines is 2. The number of nitrogens with zero attached hydrogens (tertiary/aromatic N) is 6. The molecule has 0 amide bonds. The van der Waals surface area contributed by atoms with E-state index in [9.17, 15) is 0 Å². The van der Waals surface area contributed by atoms with Crippen LogP contribution in [-0.2, 0) is 11.8 Å². The highest BCUT2D eigenvalue weighted by Gasteiger charge is 2.32. The molecule has 5 rings (SSSR count). The van der Waals surface area contributed by atoms with Gasteiger partial charge in [-0.15, -0.1) is 0 Å². The largest absolute Gasteiger partial charge is 0.378 e. The summed E-state index contributed by atoms with van der Waals surface area (Å²) < 4.78 is 7.35. The number of ether oxygens (including phenoxy) is 1. The van der Waals surface area contributed by atoms with Gasteiger partial charge in [-0.3, -0.25) is 9.67 Å². The zero-order chi connectivity index (χ0) is 22.4. The lowest BCUT2D eigenvalue weighted by Gasteiger charge is -2.38. The summed E-state index contributed by atoms with van der Waals surface area (Å²) in [4.78, 5) is 14.3. The van der Waals surface area contributed by atoms with Crippen LogP contribution in [0.5, 0.6) is 0 Å². The first-order valence-corrected chi connectivity index (χ1v) is 11.5. The van der Waals surface area contributed by atoms with E-state index < -0.39 is 0 Å². The molecule has 2 N–H and O–H groups in total. The second-order valence-corrected chi connectivity index (χ2v) is 9.39. The quantitative estimate of drug-likeness (QED) is 0.674. The summed E-state index contributed by atoms with van der Waals surface area (Å²) in [6, 6.07) is 6.64. The van der Waals surface area contributed by atoms with Crippen molar-refractivity contribution in [1.82, 2.24) is 19.7 Å². The molecule has 3 aromatic rings. The number of hydrogen-bond acceptors (Lipinski definition) is 7. The number of aryl methyl sites for hydroxylation is 2. The molecule has 2 aliphatic rings. The lowest BCUT2D eigenvalue weighted by atomic mass is 9.84. The third kappa shape index (κ3) is 3.71. The normalized spacial score (nSPS) is 26.3. The SMILES string of the molecule is CO[C@@H]1CN(c2ccc([C@H]3CCN(c4cc(C)nc5c4cnn5C)C[C@@H]3C)nc2)C[C@H]1N. The van der Waals surface area contributed by atoms with E-state index in [2.05, 4.69) is 51.9 Å². The van der Waals surface area contributed by atoms with E-state index in [0.29, 0.717) is 11.8 Å². The number of methoxy groups -OCH3 is 1. The average Bonchev–Trinajstić information content (AvgIpc) is 3.35. The van der Waals surface area contributed by atoms with Gasteiger partial charge >= 0.3 is 0 Å². The van der Waals surface area contributed by atoms with Crippen molar-refractivity contribution in [3.8, 4) is 0 Å². The third-order valence-corrected chi connectivity index (χ3v) is 7.18. The van der Waals surface area contributed by atoms with E-state index >= 15 is 0 Å². The number of aromatic nitrogens is 4. The van der Waals surface area contributed by atoms with Crippen molar-refractivity contribution >= 4 is 22.4 Å². The molecule has 170 valence electrons. The van der Waals surface area contributed by atoms with Crippen molar-refractivity contribution in [1.29, 1.82) is 0 Å². The maximum absolute atomic E-state index is 6.19. The highest BCUT2D eigenvalue weighted by Crippen LogP contribution is 2.36. The van der Waals surface area contributed by atoms with E-state index in [1.165, 1.54) is 11.4 Å². The van der Waals surface area contributed by atoms with Crippen LogP contribution < -0.4 is 15.5 Å². The second-order valence-electron chi connectivity index (χ2n) is 9.39. The van der Waals surface area contributed by atoms with E-state index in [1.807, 2.05) is 24.1 Å². The van der Waals surface area contributed by atoms with Crippen LogP contribution in [0.1, 0.15) is 30.7 Å². The molecule has 0 saturated carbocycles. The second kappa shape index (κ2) is 8.33. The number of fused-ring (bicyclic) bond motifs is 1. The predicted molar refractivity (Wildman–Crippen MR) is 127 cm³/mol. The van der Waals surface area contributed by atoms with Crippen LogP contribution in [-0.4, -0.2) is 65.2 Å². The van der Waals surface area contributed by atoms with Crippen LogP contribution in [0.3, 0.4) is 0 Å². The Kier molecular flexibility index (Phi) is 5.51. The monoisotopic (exact) mass is 435 g/mol. The van der Waals surface area contributed by atoms with Crippen molar-refractivity contribution in [2.45, 2.75) is 38.3 Å². The predicted octanol–water partition coefficient (Wildman–Crippen LogP) is 2.46. The molecule has 8 nitrogen and oxygen atoms in total. The molecule has 32 heavy (non-hydrogen) atoms. The van der Waals surface area contributed by atoms with E-state index in [-0.39, 0.29) is 12.1 Å². The Morgan fingerprint density at radius 3 is 2.66 bits per heavy atom. The molecule has 5 heterocycles. The van der Waals surface area contributed by atoms with Gasteiger partial charge in [0.25, 0.3) is 0 Å². The van der Waals surface area contributed by atoms with Crippen molar-refractivity contribution in [3.05, 3.63) is 42.0 Å². The molecule has 0 aliphatic carbocycles. The van der Waals surface area contributed by atoms with Gasteiger partial charge in [-0.2, -0.15) is 5.10 Å². The van der Waals surface area contributed by atoms with Crippen molar-refractivity contribution in [3.63, 3.8) is 0 Å². The number of pyridine rings is 2. The van der Waals surface area contributed by atoms with Gasteiger partial charge in [-0.1, -0.05) is 6.92 Å². The smallest absolute Gasteiger partial charge is 0.159 e. The molecule has 2 fully saturated rings. The molecular formula is C24H33N7O. The molecule has 4 atom stereocenters. The minimum absolute atomic E-state index is 0.0483. The minimum atomic E-state index is 0.0483. The zero-order valence-corrected chi connectivity index (χ0v) is 19.4. The lowest BCUT2D eigenvalue weighted by molar-refractivity contribution is 0.108. The van der Waals surface area contributed by atoms with Crippen LogP contribution in [0.25, 0.3) is 11.0 Å². The summed E-state index contributed by atoms with van der Waals surface area (Å²) in [5.74, 6) is 0.959. The molecule has 0 unspecified atom stereocenters. The zero-order valence-electron chi connectivity index (χ0n) is 19.4. The van der Waals surface area contributed by atoms with Crippen molar-refractivity contribution < 1.29 is 4.74 Å². The highest BCUT2D eigenvalue weighted by atomic mass is 16.5. The number of rotatable bonds is 4. The van der Waals surface area contributed by atoms with Crippen molar-refractivity contribution in [2.75, 3.05) is 43.1 Å². The summed E-state index contributed by atoms with van der Waals surface area (Å²) in [6.45, 7) is 8.02. The van der Waals surface area contributed by atoms with Gasteiger partial charge in [-0.25, -0.2) is 4.98 Å².